The summed E-state index contributed by atoms with van der Waals surface area (Å²) in [5.74, 6) is 0.149. The van der Waals surface area contributed by atoms with Gasteiger partial charge >= 0.3 is 0 Å². The zero-order valence-electron chi connectivity index (χ0n) is 15.0. The van der Waals surface area contributed by atoms with E-state index in [0.29, 0.717) is 22.2 Å². The Hall–Kier alpha value is -3.06. The van der Waals surface area contributed by atoms with Crippen LogP contribution >= 0.6 is 11.6 Å². The highest BCUT2D eigenvalue weighted by molar-refractivity contribution is 6.30. The Morgan fingerprint density at radius 1 is 1.22 bits per heavy atom. The fraction of sp³-hybridized carbons (Fsp3) is 0.211. The van der Waals surface area contributed by atoms with Crippen LogP contribution in [-0.4, -0.2) is 47.1 Å². The molecule has 140 valence electrons. The molecule has 3 aromatic rings. The van der Waals surface area contributed by atoms with Crippen molar-refractivity contribution in [1.29, 1.82) is 0 Å². The number of hydrogen-bond donors (Lipinski definition) is 1. The van der Waals surface area contributed by atoms with Gasteiger partial charge in [0.25, 0.3) is 5.91 Å². The van der Waals surface area contributed by atoms with Gasteiger partial charge in [-0.15, -0.1) is 0 Å². The van der Waals surface area contributed by atoms with Gasteiger partial charge < -0.3 is 14.6 Å². The molecular formula is C19H19ClN4O3. The molecule has 7 nitrogen and oxygen atoms in total. The normalized spacial score (nSPS) is 10.6. The van der Waals surface area contributed by atoms with Crippen molar-refractivity contribution in [2.45, 2.75) is 6.42 Å². The van der Waals surface area contributed by atoms with Gasteiger partial charge in [-0.3, -0.25) is 9.59 Å². The number of carbonyl (C=O) groups excluding carboxylic acids is 2. The molecule has 0 saturated heterocycles. The Balaban J connectivity index is 1.86. The number of halogens is 1. The van der Waals surface area contributed by atoms with Crippen molar-refractivity contribution < 1.29 is 14.0 Å². The molecule has 0 fully saturated rings. The quantitative estimate of drug-likeness (QED) is 0.706. The lowest BCUT2D eigenvalue weighted by Gasteiger charge is -2.09. The molecule has 0 radical (unpaired) electrons. The van der Waals surface area contributed by atoms with Crippen LogP contribution in [0.1, 0.15) is 16.9 Å². The van der Waals surface area contributed by atoms with E-state index >= 15 is 0 Å². The Morgan fingerprint density at radius 2 is 2.04 bits per heavy atom. The van der Waals surface area contributed by atoms with Gasteiger partial charge in [0.15, 0.2) is 11.5 Å². The van der Waals surface area contributed by atoms with E-state index in [1.54, 1.807) is 61.4 Å². The summed E-state index contributed by atoms with van der Waals surface area (Å²) < 4.78 is 7.07. The Kier molecular flexibility index (Phi) is 5.61. The highest BCUT2D eigenvalue weighted by Gasteiger charge is 2.18. The molecule has 0 bridgehead atoms. The lowest BCUT2D eigenvalue weighted by Crippen LogP contribution is -2.30. The SMILES string of the molecule is CN(C)C(=O)CCNC(=O)c1cc(-c2ccco2)n(-c2cccc(Cl)c2)n1. The van der Waals surface area contributed by atoms with E-state index in [2.05, 4.69) is 10.4 Å². The van der Waals surface area contributed by atoms with E-state index in [1.165, 1.54) is 4.90 Å². The predicted octanol–water partition coefficient (Wildman–Crippen LogP) is 2.99. The molecule has 0 spiro atoms. The molecule has 0 unspecified atom stereocenters. The molecule has 3 rings (SSSR count). The van der Waals surface area contributed by atoms with Crippen LogP contribution < -0.4 is 5.32 Å². The van der Waals surface area contributed by atoms with E-state index in [4.69, 9.17) is 16.0 Å². The summed E-state index contributed by atoms with van der Waals surface area (Å²) in [7, 11) is 3.35. The summed E-state index contributed by atoms with van der Waals surface area (Å²) >= 11 is 6.09. The summed E-state index contributed by atoms with van der Waals surface area (Å²) in [6.07, 6.45) is 1.77. The molecule has 1 aromatic carbocycles. The van der Waals surface area contributed by atoms with Crippen molar-refractivity contribution in [3.63, 3.8) is 0 Å². The van der Waals surface area contributed by atoms with Gasteiger partial charge in [-0.2, -0.15) is 5.10 Å². The molecule has 2 amide bonds. The maximum absolute atomic E-state index is 12.5. The first-order valence-corrected chi connectivity index (χ1v) is 8.72. The van der Waals surface area contributed by atoms with Gasteiger partial charge in [-0.1, -0.05) is 17.7 Å². The lowest BCUT2D eigenvalue weighted by atomic mass is 10.2. The second kappa shape index (κ2) is 8.09. The van der Waals surface area contributed by atoms with Crippen molar-refractivity contribution in [3.05, 3.63) is 59.4 Å². The maximum atomic E-state index is 12.5. The first kappa shape index (κ1) is 18.7. The van der Waals surface area contributed by atoms with E-state index in [9.17, 15) is 9.59 Å². The zero-order valence-corrected chi connectivity index (χ0v) is 15.7. The van der Waals surface area contributed by atoms with Gasteiger partial charge in [0.2, 0.25) is 5.91 Å². The van der Waals surface area contributed by atoms with Crippen LogP contribution in [0.4, 0.5) is 0 Å². The molecule has 0 aliphatic heterocycles. The Morgan fingerprint density at radius 3 is 2.70 bits per heavy atom. The number of furan rings is 1. The summed E-state index contributed by atoms with van der Waals surface area (Å²) in [5, 5.41) is 7.67. The van der Waals surface area contributed by atoms with Crippen molar-refractivity contribution in [1.82, 2.24) is 20.0 Å². The fourth-order valence-corrected chi connectivity index (χ4v) is 2.68. The summed E-state index contributed by atoms with van der Waals surface area (Å²) in [5.41, 5.74) is 1.55. The van der Waals surface area contributed by atoms with Crippen LogP contribution in [0.25, 0.3) is 17.1 Å². The van der Waals surface area contributed by atoms with E-state index in [1.807, 2.05) is 6.07 Å². The van der Waals surface area contributed by atoms with Crippen LogP contribution in [0.5, 0.6) is 0 Å². The van der Waals surface area contributed by atoms with Gasteiger partial charge in [-0.05, 0) is 30.3 Å². The first-order chi connectivity index (χ1) is 13.0. The third kappa shape index (κ3) is 4.38. The smallest absolute Gasteiger partial charge is 0.271 e. The highest BCUT2D eigenvalue weighted by atomic mass is 35.5. The van der Waals surface area contributed by atoms with Crippen molar-refractivity contribution in [2.75, 3.05) is 20.6 Å². The highest BCUT2D eigenvalue weighted by Crippen LogP contribution is 2.25. The molecule has 8 heteroatoms. The molecular weight excluding hydrogens is 368 g/mol. The van der Waals surface area contributed by atoms with E-state index in [-0.39, 0.29) is 30.5 Å². The number of nitrogens with zero attached hydrogens (tertiary/aromatic N) is 3. The predicted molar refractivity (Wildman–Crippen MR) is 102 cm³/mol. The third-order valence-electron chi connectivity index (χ3n) is 3.89. The van der Waals surface area contributed by atoms with Crippen LogP contribution in [0.3, 0.4) is 0 Å². The molecule has 0 aliphatic rings. The number of carbonyl (C=O) groups is 2. The minimum Gasteiger partial charge on any atom is -0.463 e. The van der Waals surface area contributed by atoms with Gasteiger partial charge in [0, 0.05) is 38.1 Å². The third-order valence-corrected chi connectivity index (χ3v) is 4.13. The van der Waals surface area contributed by atoms with Crippen molar-refractivity contribution in [3.8, 4) is 17.1 Å². The largest absolute Gasteiger partial charge is 0.463 e. The first-order valence-electron chi connectivity index (χ1n) is 8.34. The molecule has 0 aliphatic carbocycles. The fourth-order valence-electron chi connectivity index (χ4n) is 2.49. The number of rotatable bonds is 6. The minimum absolute atomic E-state index is 0.0592. The Labute approximate surface area is 161 Å². The van der Waals surface area contributed by atoms with Gasteiger partial charge in [0.1, 0.15) is 5.69 Å². The van der Waals surface area contributed by atoms with E-state index < -0.39 is 0 Å². The van der Waals surface area contributed by atoms with Crippen LogP contribution in [0, 0.1) is 0 Å². The minimum atomic E-state index is -0.366. The van der Waals surface area contributed by atoms with E-state index in [0.717, 1.165) is 0 Å². The lowest BCUT2D eigenvalue weighted by molar-refractivity contribution is -0.128. The van der Waals surface area contributed by atoms with Crippen LogP contribution in [0.15, 0.2) is 53.1 Å². The maximum Gasteiger partial charge on any atom is 0.271 e. The molecule has 2 heterocycles. The van der Waals surface area contributed by atoms with Crippen molar-refractivity contribution >= 4 is 23.4 Å². The standard InChI is InChI=1S/C19H19ClN4O3/c1-23(2)18(25)8-9-21-19(26)15-12-16(17-7-4-10-27-17)24(22-15)14-6-3-5-13(20)11-14/h3-7,10-12H,8-9H2,1-2H3,(H,21,26). The van der Waals surface area contributed by atoms with Crippen LogP contribution in [-0.2, 0) is 4.79 Å². The van der Waals surface area contributed by atoms with Gasteiger partial charge in [-0.25, -0.2) is 4.68 Å². The van der Waals surface area contributed by atoms with Crippen LogP contribution in [0.2, 0.25) is 5.02 Å². The number of aromatic nitrogens is 2. The number of nitrogens with one attached hydrogen (secondary N) is 1. The molecule has 1 N–H and O–H groups in total. The average Bonchev–Trinajstić information content (AvgIpc) is 3.30. The Bertz CT molecular complexity index is 948. The monoisotopic (exact) mass is 386 g/mol. The second-order valence-corrected chi connectivity index (χ2v) is 6.51. The zero-order chi connectivity index (χ0) is 19.4. The molecule has 27 heavy (non-hydrogen) atoms. The van der Waals surface area contributed by atoms with Crippen molar-refractivity contribution in [2.24, 2.45) is 0 Å². The average molecular weight is 387 g/mol. The van der Waals surface area contributed by atoms with Gasteiger partial charge in [0.05, 0.1) is 12.0 Å². The number of hydrogen-bond acceptors (Lipinski definition) is 4. The summed E-state index contributed by atoms with van der Waals surface area (Å²) in [6.45, 7) is 0.232. The molecule has 2 aromatic heterocycles. The number of benzene rings is 1. The molecule has 0 atom stereocenters. The number of amides is 2. The summed E-state index contributed by atoms with van der Waals surface area (Å²) in [6, 6.07) is 12.3. The topological polar surface area (TPSA) is 80.4 Å². The summed E-state index contributed by atoms with van der Waals surface area (Å²) in [4.78, 5) is 25.6. The second-order valence-electron chi connectivity index (χ2n) is 6.08. The molecule has 0 saturated carbocycles.